The highest BCUT2D eigenvalue weighted by molar-refractivity contribution is 5.20. The standard InChI is InChI=1S/C15H22O2/c1-3-5-7-12-15(16)17-14(4-2)13-10-8-6-9-11-13/h4,6,8-11,14-16H,2-3,5,7,12H2,1H3. The summed E-state index contributed by atoms with van der Waals surface area (Å²) in [6, 6.07) is 9.83. The average molecular weight is 234 g/mol. The van der Waals surface area contributed by atoms with Crippen LogP contribution in [0.2, 0.25) is 0 Å². The van der Waals surface area contributed by atoms with Gasteiger partial charge in [-0.25, -0.2) is 0 Å². The van der Waals surface area contributed by atoms with Gasteiger partial charge in [-0.1, -0.05) is 56.2 Å². The van der Waals surface area contributed by atoms with Crippen molar-refractivity contribution in [2.75, 3.05) is 0 Å². The van der Waals surface area contributed by atoms with Gasteiger partial charge in [-0.3, -0.25) is 0 Å². The van der Waals surface area contributed by atoms with Gasteiger partial charge in [-0.2, -0.15) is 0 Å². The summed E-state index contributed by atoms with van der Waals surface area (Å²) in [5.41, 5.74) is 1.03. The topological polar surface area (TPSA) is 29.5 Å². The average Bonchev–Trinajstić information content (AvgIpc) is 2.37. The lowest BCUT2D eigenvalue weighted by atomic mass is 10.1. The van der Waals surface area contributed by atoms with Gasteiger partial charge in [0.15, 0.2) is 6.29 Å². The van der Waals surface area contributed by atoms with Crippen LogP contribution in [0.4, 0.5) is 0 Å². The molecule has 17 heavy (non-hydrogen) atoms. The van der Waals surface area contributed by atoms with Crippen molar-refractivity contribution in [2.45, 2.75) is 45.0 Å². The number of unbranched alkanes of at least 4 members (excludes halogenated alkanes) is 2. The lowest BCUT2D eigenvalue weighted by molar-refractivity contribution is -0.128. The summed E-state index contributed by atoms with van der Waals surface area (Å²) in [5, 5.41) is 9.77. The van der Waals surface area contributed by atoms with Crippen molar-refractivity contribution in [1.82, 2.24) is 0 Å². The molecule has 0 fully saturated rings. The van der Waals surface area contributed by atoms with E-state index in [-0.39, 0.29) is 6.10 Å². The largest absolute Gasteiger partial charge is 0.368 e. The van der Waals surface area contributed by atoms with E-state index in [1.807, 2.05) is 30.3 Å². The number of aliphatic hydroxyl groups is 1. The van der Waals surface area contributed by atoms with Crippen LogP contribution in [0.15, 0.2) is 43.0 Å². The van der Waals surface area contributed by atoms with Crippen LogP contribution in [0.25, 0.3) is 0 Å². The normalized spacial score (nSPS) is 14.2. The fourth-order valence-electron chi connectivity index (χ4n) is 1.72. The van der Waals surface area contributed by atoms with Crippen LogP contribution < -0.4 is 0 Å². The smallest absolute Gasteiger partial charge is 0.155 e. The molecule has 0 heterocycles. The van der Waals surface area contributed by atoms with Crippen molar-refractivity contribution in [2.24, 2.45) is 0 Å². The summed E-state index contributed by atoms with van der Waals surface area (Å²) in [6.07, 6.45) is 4.75. The fraction of sp³-hybridized carbons (Fsp3) is 0.467. The number of ether oxygens (including phenoxy) is 1. The Balaban J connectivity index is 2.44. The minimum atomic E-state index is -0.704. The molecule has 2 atom stereocenters. The van der Waals surface area contributed by atoms with Gasteiger partial charge in [0.05, 0.1) is 0 Å². The number of rotatable bonds is 8. The van der Waals surface area contributed by atoms with E-state index in [9.17, 15) is 5.11 Å². The first kappa shape index (κ1) is 13.9. The third-order valence-electron chi connectivity index (χ3n) is 2.70. The maximum atomic E-state index is 9.77. The van der Waals surface area contributed by atoms with Crippen LogP contribution in [0.3, 0.4) is 0 Å². The highest BCUT2D eigenvalue weighted by Gasteiger charge is 2.12. The third kappa shape index (κ3) is 5.16. The van der Waals surface area contributed by atoms with Crippen LogP contribution in [-0.4, -0.2) is 11.4 Å². The zero-order chi connectivity index (χ0) is 12.5. The van der Waals surface area contributed by atoms with E-state index < -0.39 is 6.29 Å². The second-order valence-corrected chi connectivity index (χ2v) is 4.15. The molecule has 1 aromatic carbocycles. The van der Waals surface area contributed by atoms with Gasteiger partial charge in [-0.15, -0.1) is 6.58 Å². The molecule has 0 aliphatic rings. The van der Waals surface area contributed by atoms with Crippen LogP contribution in [-0.2, 0) is 4.74 Å². The molecule has 2 heteroatoms. The molecule has 1 N–H and O–H groups in total. The number of benzene rings is 1. The van der Waals surface area contributed by atoms with E-state index in [0.717, 1.165) is 24.8 Å². The molecule has 0 radical (unpaired) electrons. The Morgan fingerprint density at radius 2 is 2.00 bits per heavy atom. The molecule has 1 rings (SSSR count). The van der Waals surface area contributed by atoms with Gasteiger partial charge >= 0.3 is 0 Å². The SMILES string of the molecule is C=CC(OC(O)CCCCC)c1ccccc1. The second-order valence-electron chi connectivity index (χ2n) is 4.15. The maximum absolute atomic E-state index is 9.77. The molecule has 0 saturated heterocycles. The van der Waals surface area contributed by atoms with E-state index in [1.54, 1.807) is 6.08 Å². The predicted octanol–water partition coefficient (Wildman–Crippen LogP) is 3.83. The summed E-state index contributed by atoms with van der Waals surface area (Å²) in [5.74, 6) is 0. The van der Waals surface area contributed by atoms with Crippen molar-refractivity contribution in [1.29, 1.82) is 0 Å². The molecule has 0 amide bonds. The van der Waals surface area contributed by atoms with Gasteiger partial charge in [0.25, 0.3) is 0 Å². The number of hydrogen-bond donors (Lipinski definition) is 1. The molecule has 0 saturated carbocycles. The van der Waals surface area contributed by atoms with Gasteiger partial charge < -0.3 is 9.84 Å². The zero-order valence-electron chi connectivity index (χ0n) is 10.5. The molecule has 0 aliphatic heterocycles. The van der Waals surface area contributed by atoms with Crippen molar-refractivity contribution in [3.63, 3.8) is 0 Å². The van der Waals surface area contributed by atoms with Gasteiger partial charge in [-0.05, 0) is 18.4 Å². The molecule has 94 valence electrons. The predicted molar refractivity (Wildman–Crippen MR) is 70.6 cm³/mol. The monoisotopic (exact) mass is 234 g/mol. The quantitative estimate of drug-likeness (QED) is 0.421. The fourth-order valence-corrected chi connectivity index (χ4v) is 1.72. The van der Waals surface area contributed by atoms with E-state index in [0.29, 0.717) is 6.42 Å². The molecule has 1 aromatic rings. The Bertz CT molecular complexity index is 308. The van der Waals surface area contributed by atoms with Crippen molar-refractivity contribution in [3.8, 4) is 0 Å². The summed E-state index contributed by atoms with van der Waals surface area (Å²) >= 11 is 0. The molecule has 0 bridgehead atoms. The van der Waals surface area contributed by atoms with E-state index in [2.05, 4.69) is 13.5 Å². The summed E-state index contributed by atoms with van der Waals surface area (Å²) in [7, 11) is 0. The summed E-state index contributed by atoms with van der Waals surface area (Å²) < 4.78 is 5.57. The first-order valence-corrected chi connectivity index (χ1v) is 6.29. The Hall–Kier alpha value is -1.12. The number of aliphatic hydroxyl groups excluding tert-OH is 1. The molecule has 2 nitrogen and oxygen atoms in total. The molecular formula is C15H22O2. The highest BCUT2D eigenvalue weighted by Crippen LogP contribution is 2.20. The van der Waals surface area contributed by atoms with Gasteiger partial charge in [0, 0.05) is 0 Å². The molecule has 2 unspecified atom stereocenters. The van der Waals surface area contributed by atoms with Crippen LogP contribution in [0, 0.1) is 0 Å². The Kier molecular flexibility index (Phi) is 6.60. The highest BCUT2D eigenvalue weighted by atomic mass is 16.6. The summed E-state index contributed by atoms with van der Waals surface area (Å²) in [4.78, 5) is 0. The van der Waals surface area contributed by atoms with Crippen LogP contribution >= 0.6 is 0 Å². The Morgan fingerprint density at radius 1 is 1.29 bits per heavy atom. The minimum Gasteiger partial charge on any atom is -0.368 e. The lowest BCUT2D eigenvalue weighted by Gasteiger charge is -2.19. The van der Waals surface area contributed by atoms with E-state index in [1.165, 1.54) is 0 Å². The molecule has 0 aliphatic carbocycles. The molecular weight excluding hydrogens is 212 g/mol. The first-order chi connectivity index (χ1) is 8.27. The molecule has 0 aromatic heterocycles. The third-order valence-corrected chi connectivity index (χ3v) is 2.70. The zero-order valence-corrected chi connectivity index (χ0v) is 10.5. The maximum Gasteiger partial charge on any atom is 0.155 e. The van der Waals surface area contributed by atoms with Crippen molar-refractivity contribution >= 4 is 0 Å². The minimum absolute atomic E-state index is 0.229. The summed E-state index contributed by atoms with van der Waals surface area (Å²) in [6.45, 7) is 5.89. The van der Waals surface area contributed by atoms with Crippen LogP contribution in [0.1, 0.15) is 44.3 Å². The molecule has 0 spiro atoms. The van der Waals surface area contributed by atoms with Gasteiger partial charge in [0.1, 0.15) is 6.10 Å². The van der Waals surface area contributed by atoms with Crippen molar-refractivity contribution < 1.29 is 9.84 Å². The Labute approximate surface area is 104 Å². The Morgan fingerprint density at radius 3 is 2.59 bits per heavy atom. The van der Waals surface area contributed by atoms with E-state index in [4.69, 9.17) is 4.74 Å². The van der Waals surface area contributed by atoms with Crippen molar-refractivity contribution in [3.05, 3.63) is 48.6 Å². The second kappa shape index (κ2) is 8.04. The van der Waals surface area contributed by atoms with Gasteiger partial charge in [0.2, 0.25) is 0 Å². The van der Waals surface area contributed by atoms with E-state index >= 15 is 0 Å². The lowest BCUT2D eigenvalue weighted by Crippen LogP contribution is -2.15. The first-order valence-electron chi connectivity index (χ1n) is 6.29. The number of hydrogen-bond acceptors (Lipinski definition) is 2. The van der Waals surface area contributed by atoms with Crippen LogP contribution in [0.5, 0.6) is 0 Å².